The molecule has 0 bridgehead atoms. The first kappa shape index (κ1) is 17.3. The zero-order chi connectivity index (χ0) is 15.1. The van der Waals surface area contributed by atoms with E-state index in [1.54, 1.807) is 11.8 Å². The molecule has 0 aliphatic heterocycles. The van der Waals surface area contributed by atoms with Crippen LogP contribution in [0.3, 0.4) is 0 Å². The fraction of sp³-hybridized carbons (Fsp3) is 0.750. The summed E-state index contributed by atoms with van der Waals surface area (Å²) in [5.41, 5.74) is 1.33. The second-order valence-electron chi connectivity index (χ2n) is 5.62. The van der Waals surface area contributed by atoms with E-state index in [0.29, 0.717) is 18.8 Å². The van der Waals surface area contributed by atoms with Crippen molar-refractivity contribution in [2.24, 2.45) is 11.8 Å². The molecule has 20 heavy (non-hydrogen) atoms. The number of esters is 1. The monoisotopic (exact) mass is 298 g/mol. The molecule has 1 aliphatic carbocycles. The highest BCUT2D eigenvalue weighted by Gasteiger charge is 2.32. The number of hydrogen-bond donors (Lipinski definition) is 0. The molecule has 0 aromatic carbocycles. The Hall–Kier alpha value is -0.770. The number of thioether (sulfide) groups is 1. The first-order valence-corrected chi connectivity index (χ1v) is 8.39. The Morgan fingerprint density at radius 3 is 2.60 bits per heavy atom. The van der Waals surface area contributed by atoms with Gasteiger partial charge >= 0.3 is 5.97 Å². The summed E-state index contributed by atoms with van der Waals surface area (Å²) < 4.78 is 5.13. The molecule has 2 atom stereocenters. The van der Waals surface area contributed by atoms with E-state index in [1.807, 2.05) is 0 Å². The van der Waals surface area contributed by atoms with Gasteiger partial charge in [-0.25, -0.2) is 0 Å². The van der Waals surface area contributed by atoms with Crippen LogP contribution >= 0.6 is 11.8 Å². The van der Waals surface area contributed by atoms with E-state index >= 15 is 0 Å². The van der Waals surface area contributed by atoms with Crippen molar-refractivity contribution < 1.29 is 14.3 Å². The predicted molar refractivity (Wildman–Crippen MR) is 83.6 cm³/mol. The maximum atomic E-state index is 12.2. The standard InChI is InChI=1S/C16H26O3S/c1-5-16(11(2)3)20-10-14-13(9-19-12(4)17)7-6-8-15(14)18/h13-14H,5-10H2,1-4H3. The van der Waals surface area contributed by atoms with Gasteiger partial charge < -0.3 is 4.74 Å². The number of carbonyl (C=O) groups excluding carboxylic acids is 2. The van der Waals surface area contributed by atoms with Crippen molar-refractivity contribution in [3.8, 4) is 0 Å². The van der Waals surface area contributed by atoms with Crippen molar-refractivity contribution in [2.45, 2.75) is 53.4 Å². The molecule has 0 aromatic rings. The highest BCUT2D eigenvalue weighted by Crippen LogP contribution is 2.34. The van der Waals surface area contributed by atoms with Gasteiger partial charge in [-0.3, -0.25) is 9.59 Å². The van der Waals surface area contributed by atoms with Crippen LogP contribution in [0, 0.1) is 11.8 Å². The molecule has 3 nitrogen and oxygen atoms in total. The topological polar surface area (TPSA) is 43.4 Å². The summed E-state index contributed by atoms with van der Waals surface area (Å²) in [6.45, 7) is 8.19. The van der Waals surface area contributed by atoms with Crippen LogP contribution in [0.2, 0.25) is 0 Å². The minimum atomic E-state index is -0.257. The lowest BCUT2D eigenvalue weighted by Gasteiger charge is -2.30. The number of rotatable bonds is 6. The molecule has 0 spiro atoms. The van der Waals surface area contributed by atoms with Crippen LogP contribution in [0.5, 0.6) is 0 Å². The second-order valence-corrected chi connectivity index (χ2v) is 6.73. The number of ether oxygens (including phenoxy) is 1. The Morgan fingerprint density at radius 2 is 2.05 bits per heavy atom. The Balaban J connectivity index is 2.63. The van der Waals surface area contributed by atoms with Crippen LogP contribution in [-0.2, 0) is 14.3 Å². The quantitative estimate of drug-likeness (QED) is 0.696. The largest absolute Gasteiger partial charge is 0.466 e. The van der Waals surface area contributed by atoms with Gasteiger partial charge in [0.1, 0.15) is 5.78 Å². The van der Waals surface area contributed by atoms with Crippen LogP contribution in [-0.4, -0.2) is 24.1 Å². The SMILES string of the molecule is CCC(SCC1C(=O)CCCC1COC(C)=O)=C(C)C. The van der Waals surface area contributed by atoms with E-state index in [9.17, 15) is 9.59 Å². The van der Waals surface area contributed by atoms with Crippen LogP contribution in [0.4, 0.5) is 0 Å². The minimum absolute atomic E-state index is 0.0361. The van der Waals surface area contributed by atoms with E-state index in [-0.39, 0.29) is 17.8 Å². The lowest BCUT2D eigenvalue weighted by atomic mass is 9.80. The third-order valence-corrected chi connectivity index (χ3v) is 5.37. The van der Waals surface area contributed by atoms with Crippen molar-refractivity contribution in [3.63, 3.8) is 0 Å². The lowest BCUT2D eigenvalue weighted by molar-refractivity contribution is -0.144. The van der Waals surface area contributed by atoms with Gasteiger partial charge in [0, 0.05) is 30.9 Å². The fourth-order valence-electron chi connectivity index (χ4n) is 2.63. The summed E-state index contributed by atoms with van der Waals surface area (Å²) in [4.78, 5) is 24.5. The molecule has 0 radical (unpaired) electrons. The zero-order valence-corrected chi connectivity index (χ0v) is 13.8. The Kier molecular flexibility index (Phi) is 7.35. The van der Waals surface area contributed by atoms with Gasteiger partial charge in [-0.15, -0.1) is 11.8 Å². The first-order chi connectivity index (χ1) is 9.45. The highest BCUT2D eigenvalue weighted by atomic mass is 32.2. The van der Waals surface area contributed by atoms with Crippen LogP contribution in [0.15, 0.2) is 10.5 Å². The molecule has 1 rings (SSSR count). The first-order valence-electron chi connectivity index (χ1n) is 7.40. The van der Waals surface area contributed by atoms with Crippen LogP contribution < -0.4 is 0 Å². The number of carbonyl (C=O) groups is 2. The summed E-state index contributed by atoms with van der Waals surface area (Å²) in [6.07, 6.45) is 3.61. The summed E-state index contributed by atoms with van der Waals surface area (Å²) in [5, 5.41) is 0. The third kappa shape index (κ3) is 5.31. The van der Waals surface area contributed by atoms with E-state index in [2.05, 4.69) is 20.8 Å². The summed E-state index contributed by atoms with van der Waals surface area (Å²) in [5.74, 6) is 1.13. The van der Waals surface area contributed by atoms with Crippen LogP contribution in [0.1, 0.15) is 53.4 Å². The van der Waals surface area contributed by atoms with Crippen molar-refractivity contribution in [1.82, 2.24) is 0 Å². The van der Waals surface area contributed by atoms with E-state index in [1.165, 1.54) is 17.4 Å². The molecule has 1 aliphatic rings. The molecule has 0 saturated heterocycles. The van der Waals surface area contributed by atoms with Gasteiger partial charge in [-0.05, 0) is 38.0 Å². The van der Waals surface area contributed by atoms with Gasteiger partial charge in [-0.1, -0.05) is 12.5 Å². The molecule has 1 saturated carbocycles. The molecule has 0 amide bonds. The van der Waals surface area contributed by atoms with Crippen LogP contribution in [0.25, 0.3) is 0 Å². The maximum absolute atomic E-state index is 12.2. The van der Waals surface area contributed by atoms with Crippen molar-refractivity contribution in [3.05, 3.63) is 10.5 Å². The summed E-state index contributed by atoms with van der Waals surface area (Å²) in [6, 6.07) is 0. The van der Waals surface area contributed by atoms with E-state index < -0.39 is 0 Å². The molecule has 1 fully saturated rings. The maximum Gasteiger partial charge on any atom is 0.302 e. The van der Waals surface area contributed by atoms with Gasteiger partial charge in [0.2, 0.25) is 0 Å². The van der Waals surface area contributed by atoms with E-state index in [0.717, 1.165) is 25.0 Å². The summed E-state index contributed by atoms with van der Waals surface area (Å²) >= 11 is 1.80. The number of ketones is 1. The average Bonchev–Trinajstić information content (AvgIpc) is 2.38. The van der Waals surface area contributed by atoms with Crippen molar-refractivity contribution in [1.29, 1.82) is 0 Å². The number of allylic oxidation sites excluding steroid dienone is 2. The molecular formula is C16H26O3S. The fourth-order valence-corrected chi connectivity index (χ4v) is 3.96. The Labute approximate surface area is 126 Å². The zero-order valence-electron chi connectivity index (χ0n) is 13.0. The molecule has 114 valence electrons. The minimum Gasteiger partial charge on any atom is -0.466 e. The van der Waals surface area contributed by atoms with Gasteiger partial charge in [0.15, 0.2) is 0 Å². The lowest BCUT2D eigenvalue weighted by Crippen LogP contribution is -2.33. The molecular weight excluding hydrogens is 272 g/mol. The highest BCUT2D eigenvalue weighted by molar-refractivity contribution is 8.03. The second kappa shape index (κ2) is 8.50. The molecule has 0 heterocycles. The average molecular weight is 298 g/mol. The number of hydrogen-bond acceptors (Lipinski definition) is 4. The van der Waals surface area contributed by atoms with Gasteiger partial charge in [-0.2, -0.15) is 0 Å². The Morgan fingerprint density at radius 1 is 1.35 bits per heavy atom. The molecule has 0 aromatic heterocycles. The molecule has 4 heteroatoms. The predicted octanol–water partition coefficient (Wildman–Crippen LogP) is 3.97. The smallest absolute Gasteiger partial charge is 0.302 e. The number of Topliss-reactive ketones (excluding diaryl/α,β-unsaturated/α-hetero) is 1. The normalized spacial score (nSPS) is 22.5. The Bertz CT molecular complexity index is 383. The van der Waals surface area contributed by atoms with Crippen molar-refractivity contribution in [2.75, 3.05) is 12.4 Å². The molecule has 0 N–H and O–H groups in total. The van der Waals surface area contributed by atoms with E-state index in [4.69, 9.17) is 4.74 Å². The summed E-state index contributed by atoms with van der Waals surface area (Å²) in [7, 11) is 0. The van der Waals surface area contributed by atoms with Gasteiger partial charge in [0.05, 0.1) is 6.61 Å². The molecule has 2 unspecified atom stereocenters. The van der Waals surface area contributed by atoms with Crippen molar-refractivity contribution >= 4 is 23.5 Å². The third-order valence-electron chi connectivity index (χ3n) is 3.80. The van der Waals surface area contributed by atoms with Gasteiger partial charge in [0.25, 0.3) is 0 Å².